The van der Waals surface area contributed by atoms with E-state index in [0.29, 0.717) is 19.3 Å². The first kappa shape index (κ1) is 19.1. The third-order valence-electron chi connectivity index (χ3n) is 2.98. The summed E-state index contributed by atoms with van der Waals surface area (Å²) in [5.41, 5.74) is 0.724. The van der Waals surface area contributed by atoms with E-state index in [9.17, 15) is 16.8 Å². The molecule has 126 valence electrons. The van der Waals surface area contributed by atoms with Gasteiger partial charge in [-0.25, -0.2) is 0 Å². The molecule has 8 heteroatoms. The zero-order valence-electron chi connectivity index (χ0n) is 12.9. The lowest BCUT2D eigenvalue weighted by Gasteiger charge is -2.20. The Balaban J connectivity index is 2.81. The number of hydrogen-bond donors (Lipinski definition) is 0. The summed E-state index contributed by atoms with van der Waals surface area (Å²) in [7, 11) is -7.16. The Morgan fingerprint density at radius 1 is 0.909 bits per heavy atom. The van der Waals surface area contributed by atoms with Gasteiger partial charge in [0.05, 0.1) is 18.6 Å². The lowest BCUT2D eigenvalue weighted by atomic mass is 10.0. The van der Waals surface area contributed by atoms with Crippen molar-refractivity contribution in [3.05, 3.63) is 35.9 Å². The molecule has 0 radical (unpaired) electrons. The third kappa shape index (κ3) is 7.88. The highest BCUT2D eigenvalue weighted by Gasteiger charge is 2.21. The Hall–Kier alpha value is -0.960. The summed E-state index contributed by atoms with van der Waals surface area (Å²) in [4.78, 5) is 0. The molecular formula is C14H22O6S2. The molecule has 0 N–H and O–H groups in total. The summed E-state index contributed by atoms with van der Waals surface area (Å²) in [6.07, 6.45) is 2.06. The smallest absolute Gasteiger partial charge is 0.264 e. The van der Waals surface area contributed by atoms with Gasteiger partial charge >= 0.3 is 0 Å². The standard InChI is InChI=1S/C14H22O6S2/c1-4-13(19-21(2,15)16)10-11-14(20-22(3,17)18)12-8-6-5-7-9-12/h5-9,13-14H,4,10-11H2,1-3H3/t13-,14+/m0/s1. The van der Waals surface area contributed by atoms with Crippen LogP contribution in [-0.4, -0.2) is 35.5 Å². The van der Waals surface area contributed by atoms with E-state index in [4.69, 9.17) is 8.37 Å². The molecule has 0 aliphatic rings. The maximum absolute atomic E-state index is 11.4. The molecule has 0 saturated heterocycles. The summed E-state index contributed by atoms with van der Waals surface area (Å²) in [6.45, 7) is 1.81. The van der Waals surface area contributed by atoms with Gasteiger partial charge in [0, 0.05) is 0 Å². The fourth-order valence-corrected chi connectivity index (χ4v) is 3.41. The second-order valence-electron chi connectivity index (χ2n) is 5.11. The van der Waals surface area contributed by atoms with Gasteiger partial charge < -0.3 is 0 Å². The lowest BCUT2D eigenvalue weighted by Crippen LogP contribution is -2.19. The van der Waals surface area contributed by atoms with Crippen LogP contribution >= 0.6 is 0 Å². The van der Waals surface area contributed by atoms with Crippen molar-refractivity contribution in [3.8, 4) is 0 Å². The molecule has 1 aromatic carbocycles. The zero-order chi connectivity index (χ0) is 16.8. The Kier molecular flexibility index (Phi) is 6.98. The van der Waals surface area contributed by atoms with Crippen LogP contribution in [0.1, 0.15) is 37.9 Å². The van der Waals surface area contributed by atoms with E-state index in [1.54, 1.807) is 24.3 Å². The molecule has 0 saturated carbocycles. The van der Waals surface area contributed by atoms with Crippen LogP contribution < -0.4 is 0 Å². The molecule has 0 heterocycles. The Bertz CT molecular complexity index is 652. The van der Waals surface area contributed by atoms with Crippen molar-refractivity contribution in [3.63, 3.8) is 0 Å². The highest BCUT2D eigenvalue weighted by molar-refractivity contribution is 7.86. The van der Waals surface area contributed by atoms with E-state index in [1.807, 2.05) is 13.0 Å². The van der Waals surface area contributed by atoms with E-state index in [-0.39, 0.29) is 0 Å². The first-order chi connectivity index (χ1) is 10.1. The topological polar surface area (TPSA) is 86.7 Å². The van der Waals surface area contributed by atoms with E-state index >= 15 is 0 Å². The van der Waals surface area contributed by atoms with Gasteiger partial charge in [-0.05, 0) is 24.8 Å². The average Bonchev–Trinajstić information content (AvgIpc) is 2.40. The summed E-state index contributed by atoms with van der Waals surface area (Å²) in [5.74, 6) is 0. The van der Waals surface area contributed by atoms with Gasteiger partial charge in [-0.3, -0.25) is 8.37 Å². The molecule has 0 aliphatic carbocycles. The third-order valence-corrected chi connectivity index (χ3v) is 4.18. The Labute approximate surface area is 132 Å². The molecule has 0 bridgehead atoms. The van der Waals surface area contributed by atoms with Crippen LogP contribution in [0.3, 0.4) is 0 Å². The second kappa shape index (κ2) is 8.05. The fourth-order valence-electron chi connectivity index (χ4n) is 2.05. The molecule has 2 atom stereocenters. The lowest BCUT2D eigenvalue weighted by molar-refractivity contribution is 0.149. The molecule has 6 nitrogen and oxygen atoms in total. The van der Waals surface area contributed by atoms with Gasteiger partial charge in [-0.2, -0.15) is 16.8 Å². The van der Waals surface area contributed by atoms with Crippen molar-refractivity contribution in [2.24, 2.45) is 0 Å². The van der Waals surface area contributed by atoms with Crippen LogP contribution in [0, 0.1) is 0 Å². The monoisotopic (exact) mass is 350 g/mol. The fraction of sp³-hybridized carbons (Fsp3) is 0.571. The van der Waals surface area contributed by atoms with Crippen LogP contribution in [-0.2, 0) is 28.6 Å². The van der Waals surface area contributed by atoms with Crippen molar-refractivity contribution >= 4 is 20.2 Å². The van der Waals surface area contributed by atoms with Gasteiger partial charge in [-0.1, -0.05) is 37.3 Å². The Morgan fingerprint density at radius 2 is 1.45 bits per heavy atom. The highest BCUT2D eigenvalue weighted by Crippen LogP contribution is 2.26. The van der Waals surface area contributed by atoms with E-state index in [0.717, 1.165) is 18.1 Å². The molecule has 0 amide bonds. The van der Waals surface area contributed by atoms with Crippen LogP contribution in [0.15, 0.2) is 30.3 Å². The molecular weight excluding hydrogens is 328 g/mol. The van der Waals surface area contributed by atoms with Gasteiger partial charge in [0.2, 0.25) is 0 Å². The quantitative estimate of drug-likeness (QED) is 0.635. The zero-order valence-corrected chi connectivity index (χ0v) is 14.6. The van der Waals surface area contributed by atoms with Crippen LogP contribution in [0.4, 0.5) is 0 Å². The van der Waals surface area contributed by atoms with Gasteiger partial charge in [-0.15, -0.1) is 0 Å². The van der Waals surface area contributed by atoms with E-state index in [1.165, 1.54) is 0 Å². The second-order valence-corrected chi connectivity index (χ2v) is 8.31. The molecule has 0 aliphatic heterocycles. The molecule has 22 heavy (non-hydrogen) atoms. The highest BCUT2D eigenvalue weighted by atomic mass is 32.2. The predicted octanol–water partition coefficient (Wildman–Crippen LogP) is 2.24. The molecule has 1 rings (SSSR count). The minimum atomic E-state index is -3.62. The summed E-state index contributed by atoms with van der Waals surface area (Å²) in [5, 5.41) is 0. The van der Waals surface area contributed by atoms with Gasteiger partial charge in [0.25, 0.3) is 20.2 Å². The molecule has 0 unspecified atom stereocenters. The number of rotatable bonds is 9. The number of benzene rings is 1. The molecule has 0 fully saturated rings. The molecule has 0 spiro atoms. The molecule has 0 aromatic heterocycles. The summed E-state index contributed by atoms with van der Waals surface area (Å²) >= 11 is 0. The van der Waals surface area contributed by atoms with Crippen LogP contribution in [0.25, 0.3) is 0 Å². The minimum absolute atomic E-state index is 0.338. The van der Waals surface area contributed by atoms with Crippen molar-refractivity contribution < 1.29 is 25.2 Å². The summed E-state index contributed by atoms with van der Waals surface area (Å²) < 4.78 is 55.3. The van der Waals surface area contributed by atoms with Crippen molar-refractivity contribution in [1.82, 2.24) is 0 Å². The molecule has 1 aromatic rings. The van der Waals surface area contributed by atoms with Crippen molar-refractivity contribution in [1.29, 1.82) is 0 Å². The van der Waals surface area contributed by atoms with E-state index < -0.39 is 32.4 Å². The van der Waals surface area contributed by atoms with Gasteiger partial charge in [0.15, 0.2) is 0 Å². The summed E-state index contributed by atoms with van der Waals surface area (Å²) in [6, 6.07) is 8.95. The number of hydrogen-bond acceptors (Lipinski definition) is 6. The normalized spacial score (nSPS) is 15.4. The van der Waals surface area contributed by atoms with Crippen LogP contribution in [0.2, 0.25) is 0 Å². The predicted molar refractivity (Wildman–Crippen MR) is 84.4 cm³/mol. The van der Waals surface area contributed by atoms with Crippen LogP contribution in [0.5, 0.6) is 0 Å². The van der Waals surface area contributed by atoms with Crippen molar-refractivity contribution in [2.75, 3.05) is 12.5 Å². The maximum atomic E-state index is 11.4. The minimum Gasteiger partial charge on any atom is -0.267 e. The average molecular weight is 350 g/mol. The van der Waals surface area contributed by atoms with E-state index in [2.05, 4.69) is 0 Å². The maximum Gasteiger partial charge on any atom is 0.264 e. The van der Waals surface area contributed by atoms with Gasteiger partial charge in [0.1, 0.15) is 6.10 Å². The first-order valence-corrected chi connectivity index (χ1v) is 10.6. The SMILES string of the molecule is CC[C@@H](CC[C@@H](OS(C)(=O)=O)c1ccccc1)OS(C)(=O)=O. The largest absolute Gasteiger partial charge is 0.267 e. The first-order valence-electron chi connectivity index (χ1n) is 6.92. The Morgan fingerprint density at radius 3 is 1.91 bits per heavy atom. The van der Waals surface area contributed by atoms with Crippen molar-refractivity contribution in [2.45, 2.75) is 38.4 Å².